The van der Waals surface area contributed by atoms with Crippen molar-refractivity contribution in [1.29, 1.82) is 0 Å². The number of amidine groups is 1. The normalized spacial score (nSPS) is 26.7. The summed E-state index contributed by atoms with van der Waals surface area (Å²) < 4.78 is 5.31. The Labute approximate surface area is 88.7 Å². The van der Waals surface area contributed by atoms with Crippen molar-refractivity contribution in [2.75, 3.05) is 20.2 Å². The quantitative estimate of drug-likeness (QED) is 0.290. The number of hydrogen-bond donors (Lipinski definition) is 2. The van der Waals surface area contributed by atoms with Crippen LogP contribution >= 0.6 is 0 Å². The highest BCUT2D eigenvalue weighted by Gasteiger charge is 2.32. The van der Waals surface area contributed by atoms with Crippen LogP contribution < -0.4 is 5.73 Å². The molecule has 1 amide bonds. The summed E-state index contributed by atoms with van der Waals surface area (Å²) in [5, 5.41) is 11.2. The molecule has 6 heteroatoms. The number of amides is 1. The molecule has 2 atom stereocenters. The molecule has 0 aromatic rings. The van der Waals surface area contributed by atoms with Crippen molar-refractivity contribution in [3.05, 3.63) is 0 Å². The zero-order valence-corrected chi connectivity index (χ0v) is 9.01. The van der Waals surface area contributed by atoms with Crippen LogP contribution in [-0.4, -0.2) is 48.2 Å². The van der Waals surface area contributed by atoms with Crippen LogP contribution in [-0.2, 0) is 9.53 Å². The van der Waals surface area contributed by atoms with Crippen LogP contribution in [0.4, 0.5) is 0 Å². The minimum Gasteiger partial charge on any atom is -0.409 e. The minimum atomic E-state index is -0.110. The van der Waals surface area contributed by atoms with Gasteiger partial charge in [0.05, 0.1) is 18.6 Å². The first kappa shape index (κ1) is 11.8. The molecule has 1 saturated heterocycles. The topological polar surface area (TPSA) is 88.2 Å². The monoisotopic (exact) mass is 215 g/mol. The van der Waals surface area contributed by atoms with Gasteiger partial charge in [-0.05, 0) is 13.3 Å². The van der Waals surface area contributed by atoms with E-state index in [9.17, 15) is 4.79 Å². The number of nitrogens with two attached hydrogens (primary N) is 1. The molecule has 0 radical (unpaired) electrons. The zero-order valence-electron chi connectivity index (χ0n) is 9.01. The molecular weight excluding hydrogens is 198 g/mol. The minimum absolute atomic E-state index is 0.0217. The molecule has 3 N–H and O–H groups in total. The molecule has 2 unspecified atom stereocenters. The van der Waals surface area contributed by atoms with Gasteiger partial charge in [-0.3, -0.25) is 4.79 Å². The maximum atomic E-state index is 11.9. The maximum Gasteiger partial charge on any atom is 0.228 e. The Hall–Kier alpha value is -1.30. The Balaban J connectivity index is 2.52. The molecule has 0 aliphatic carbocycles. The highest BCUT2D eigenvalue weighted by atomic mass is 16.5. The number of carbonyl (C=O) groups is 1. The van der Waals surface area contributed by atoms with E-state index >= 15 is 0 Å². The number of rotatable bonds is 3. The number of likely N-dealkylation sites (N-methyl/N-ethyl adjacent to an activating group) is 1. The van der Waals surface area contributed by atoms with Crippen LogP contribution in [0, 0.1) is 5.92 Å². The van der Waals surface area contributed by atoms with Crippen molar-refractivity contribution in [3.8, 4) is 0 Å². The summed E-state index contributed by atoms with van der Waals surface area (Å²) >= 11 is 0. The molecule has 1 heterocycles. The molecule has 0 saturated carbocycles. The first-order chi connectivity index (χ1) is 7.06. The van der Waals surface area contributed by atoms with E-state index in [4.69, 9.17) is 15.7 Å². The van der Waals surface area contributed by atoms with Crippen molar-refractivity contribution in [1.82, 2.24) is 4.90 Å². The van der Waals surface area contributed by atoms with Gasteiger partial charge in [0, 0.05) is 13.7 Å². The second kappa shape index (κ2) is 4.97. The zero-order chi connectivity index (χ0) is 11.4. The summed E-state index contributed by atoms with van der Waals surface area (Å²) in [7, 11) is 1.63. The second-order valence-electron chi connectivity index (χ2n) is 3.76. The van der Waals surface area contributed by atoms with E-state index in [1.54, 1.807) is 7.05 Å². The summed E-state index contributed by atoms with van der Waals surface area (Å²) in [6.07, 6.45) is 0.688. The van der Waals surface area contributed by atoms with Gasteiger partial charge in [0.25, 0.3) is 0 Å². The fourth-order valence-electron chi connectivity index (χ4n) is 1.69. The van der Waals surface area contributed by atoms with E-state index in [0.29, 0.717) is 6.61 Å². The second-order valence-corrected chi connectivity index (χ2v) is 3.76. The smallest absolute Gasteiger partial charge is 0.228 e. The van der Waals surface area contributed by atoms with Gasteiger partial charge in [0.2, 0.25) is 5.91 Å². The Morgan fingerprint density at radius 2 is 2.40 bits per heavy atom. The molecule has 1 aliphatic heterocycles. The highest BCUT2D eigenvalue weighted by molar-refractivity contribution is 5.87. The standard InChI is InChI=1S/C9H17N3O3/c1-6-7(3-4-15-6)9(13)12(2)5-8(10)11-14/h6-7,14H,3-5H2,1-2H3,(H2,10,11). The maximum absolute atomic E-state index is 11.9. The molecule has 15 heavy (non-hydrogen) atoms. The first-order valence-electron chi connectivity index (χ1n) is 4.89. The molecule has 1 aliphatic rings. The van der Waals surface area contributed by atoms with E-state index in [1.165, 1.54) is 4.90 Å². The number of oxime groups is 1. The van der Waals surface area contributed by atoms with Crippen LogP contribution in [0.25, 0.3) is 0 Å². The van der Waals surface area contributed by atoms with Gasteiger partial charge in [0.15, 0.2) is 5.84 Å². The third-order valence-electron chi connectivity index (χ3n) is 2.60. The number of ether oxygens (including phenoxy) is 1. The summed E-state index contributed by atoms with van der Waals surface area (Å²) in [6.45, 7) is 2.64. The van der Waals surface area contributed by atoms with Crippen LogP contribution in [0.2, 0.25) is 0 Å². The molecule has 0 aromatic heterocycles. The van der Waals surface area contributed by atoms with Gasteiger partial charge in [-0.15, -0.1) is 0 Å². The molecule has 0 spiro atoms. The van der Waals surface area contributed by atoms with E-state index in [0.717, 1.165) is 6.42 Å². The van der Waals surface area contributed by atoms with Gasteiger partial charge in [-0.2, -0.15) is 0 Å². The summed E-state index contributed by atoms with van der Waals surface area (Å²) in [6, 6.07) is 0. The Morgan fingerprint density at radius 3 is 2.87 bits per heavy atom. The Bertz CT molecular complexity index is 267. The van der Waals surface area contributed by atoms with Crippen LogP contribution in [0.3, 0.4) is 0 Å². The summed E-state index contributed by atoms with van der Waals surface area (Å²) in [4.78, 5) is 13.3. The van der Waals surface area contributed by atoms with Crippen molar-refractivity contribution in [3.63, 3.8) is 0 Å². The van der Waals surface area contributed by atoms with E-state index in [-0.39, 0.29) is 30.3 Å². The van der Waals surface area contributed by atoms with Gasteiger partial charge < -0.3 is 20.6 Å². The van der Waals surface area contributed by atoms with Crippen molar-refractivity contribution < 1.29 is 14.7 Å². The molecule has 0 aromatic carbocycles. The molecule has 6 nitrogen and oxygen atoms in total. The molecule has 1 fully saturated rings. The fourth-order valence-corrected chi connectivity index (χ4v) is 1.69. The molecular formula is C9H17N3O3. The Kier molecular flexibility index (Phi) is 3.90. The van der Waals surface area contributed by atoms with Crippen LogP contribution in [0.1, 0.15) is 13.3 Å². The lowest BCUT2D eigenvalue weighted by molar-refractivity contribution is -0.134. The van der Waals surface area contributed by atoms with Gasteiger partial charge in [-0.25, -0.2) is 0 Å². The SMILES string of the molecule is CC1OCCC1C(=O)N(C)CC(N)=NO. The van der Waals surface area contributed by atoms with Crippen molar-refractivity contribution in [2.45, 2.75) is 19.4 Å². The van der Waals surface area contributed by atoms with Crippen molar-refractivity contribution >= 4 is 11.7 Å². The number of hydrogen-bond acceptors (Lipinski definition) is 4. The summed E-state index contributed by atoms with van der Waals surface area (Å²) in [5.74, 6) is -0.106. The largest absolute Gasteiger partial charge is 0.409 e. The predicted molar refractivity (Wildman–Crippen MR) is 54.6 cm³/mol. The van der Waals surface area contributed by atoms with Crippen LogP contribution in [0.5, 0.6) is 0 Å². The fraction of sp³-hybridized carbons (Fsp3) is 0.778. The molecule has 0 bridgehead atoms. The highest BCUT2D eigenvalue weighted by Crippen LogP contribution is 2.22. The Morgan fingerprint density at radius 1 is 1.73 bits per heavy atom. The predicted octanol–water partition coefficient (Wildman–Crippen LogP) is -0.384. The average molecular weight is 215 g/mol. The van der Waals surface area contributed by atoms with Crippen molar-refractivity contribution in [2.24, 2.45) is 16.8 Å². The van der Waals surface area contributed by atoms with Crippen LogP contribution in [0.15, 0.2) is 5.16 Å². The van der Waals surface area contributed by atoms with Gasteiger partial charge in [0.1, 0.15) is 0 Å². The lowest BCUT2D eigenvalue weighted by Crippen LogP contribution is -2.40. The summed E-state index contributed by atoms with van der Waals surface area (Å²) in [5.41, 5.74) is 5.32. The third kappa shape index (κ3) is 2.82. The lowest BCUT2D eigenvalue weighted by Gasteiger charge is -2.21. The van der Waals surface area contributed by atoms with E-state index in [2.05, 4.69) is 5.16 Å². The van der Waals surface area contributed by atoms with Gasteiger partial charge in [-0.1, -0.05) is 5.16 Å². The van der Waals surface area contributed by atoms with E-state index in [1.807, 2.05) is 6.92 Å². The van der Waals surface area contributed by atoms with E-state index < -0.39 is 0 Å². The number of carbonyl (C=O) groups excluding carboxylic acids is 1. The lowest BCUT2D eigenvalue weighted by atomic mass is 10.0. The first-order valence-corrected chi connectivity index (χ1v) is 4.89. The van der Waals surface area contributed by atoms with Gasteiger partial charge >= 0.3 is 0 Å². The average Bonchev–Trinajstić information content (AvgIpc) is 2.63. The molecule has 86 valence electrons. The molecule has 1 rings (SSSR count). The number of nitrogens with zero attached hydrogens (tertiary/aromatic N) is 2. The third-order valence-corrected chi connectivity index (χ3v) is 2.60.